The smallest absolute Gasteiger partial charge is 0.251 e. The number of amides is 1. The lowest BCUT2D eigenvalue weighted by molar-refractivity contribution is 0.0956. The third kappa shape index (κ3) is 6.43. The highest BCUT2D eigenvalue weighted by Crippen LogP contribution is 2.19. The summed E-state index contributed by atoms with van der Waals surface area (Å²) in [5, 5.41) is 2.85. The van der Waals surface area contributed by atoms with Gasteiger partial charge in [-0.05, 0) is 43.7 Å². The fourth-order valence-corrected chi connectivity index (χ4v) is 3.53. The Balaban J connectivity index is 1.90. The number of anilines is 1. The predicted molar refractivity (Wildman–Crippen MR) is 104 cm³/mol. The monoisotopic (exact) mass is 378 g/mol. The SMILES string of the molecule is Cc1ccc(SCCNC(=O)c2ccc(C)c(NS(C)(=O)=O)c2)cc1. The van der Waals surface area contributed by atoms with E-state index in [2.05, 4.69) is 34.3 Å². The Bertz CT molecular complexity index is 847. The molecule has 0 fully saturated rings. The van der Waals surface area contributed by atoms with Crippen molar-refractivity contribution in [2.75, 3.05) is 23.3 Å². The van der Waals surface area contributed by atoms with Crippen LogP contribution in [0.25, 0.3) is 0 Å². The van der Waals surface area contributed by atoms with Gasteiger partial charge in [-0.15, -0.1) is 11.8 Å². The average Bonchev–Trinajstić information content (AvgIpc) is 2.54. The van der Waals surface area contributed by atoms with E-state index in [1.807, 2.05) is 6.92 Å². The van der Waals surface area contributed by atoms with Crippen molar-refractivity contribution in [1.29, 1.82) is 0 Å². The molecule has 25 heavy (non-hydrogen) atoms. The molecule has 0 saturated carbocycles. The second-order valence-corrected chi connectivity index (χ2v) is 8.74. The lowest BCUT2D eigenvalue weighted by atomic mass is 10.1. The Morgan fingerprint density at radius 2 is 1.76 bits per heavy atom. The predicted octanol–water partition coefficient (Wildman–Crippen LogP) is 3.20. The number of carbonyl (C=O) groups is 1. The van der Waals surface area contributed by atoms with Gasteiger partial charge in [0.15, 0.2) is 0 Å². The number of rotatable bonds is 7. The summed E-state index contributed by atoms with van der Waals surface area (Å²) >= 11 is 1.67. The first kappa shape index (κ1) is 19.3. The van der Waals surface area contributed by atoms with Gasteiger partial charge in [-0.2, -0.15) is 0 Å². The van der Waals surface area contributed by atoms with E-state index < -0.39 is 10.0 Å². The second-order valence-electron chi connectivity index (χ2n) is 5.82. The van der Waals surface area contributed by atoms with Gasteiger partial charge in [-0.1, -0.05) is 23.8 Å². The zero-order valence-corrected chi connectivity index (χ0v) is 16.1. The topological polar surface area (TPSA) is 75.3 Å². The molecule has 2 rings (SSSR count). The lowest BCUT2D eigenvalue weighted by Gasteiger charge is -2.10. The van der Waals surface area contributed by atoms with E-state index in [4.69, 9.17) is 0 Å². The van der Waals surface area contributed by atoms with Crippen molar-refractivity contribution in [1.82, 2.24) is 5.32 Å². The first-order chi connectivity index (χ1) is 11.7. The fraction of sp³-hybridized carbons (Fsp3) is 0.278. The fourth-order valence-electron chi connectivity index (χ4n) is 2.14. The van der Waals surface area contributed by atoms with Crippen molar-refractivity contribution >= 4 is 33.4 Å². The van der Waals surface area contributed by atoms with E-state index in [-0.39, 0.29) is 5.91 Å². The molecule has 0 aliphatic rings. The van der Waals surface area contributed by atoms with E-state index in [0.29, 0.717) is 17.8 Å². The highest BCUT2D eigenvalue weighted by molar-refractivity contribution is 7.99. The molecule has 0 bridgehead atoms. The summed E-state index contributed by atoms with van der Waals surface area (Å²) < 4.78 is 25.2. The maximum Gasteiger partial charge on any atom is 0.251 e. The van der Waals surface area contributed by atoms with Crippen LogP contribution in [0.15, 0.2) is 47.4 Å². The van der Waals surface area contributed by atoms with Crippen molar-refractivity contribution in [3.63, 3.8) is 0 Å². The Labute approximate surface area is 153 Å². The minimum Gasteiger partial charge on any atom is -0.351 e. The summed E-state index contributed by atoms with van der Waals surface area (Å²) in [6, 6.07) is 13.2. The number of sulfonamides is 1. The highest BCUT2D eigenvalue weighted by Gasteiger charge is 2.10. The van der Waals surface area contributed by atoms with Gasteiger partial charge < -0.3 is 5.32 Å². The Kier molecular flexibility index (Phi) is 6.50. The molecule has 2 N–H and O–H groups in total. The number of nitrogens with one attached hydrogen (secondary N) is 2. The van der Waals surface area contributed by atoms with Crippen molar-refractivity contribution in [2.24, 2.45) is 0 Å². The van der Waals surface area contributed by atoms with Crippen LogP contribution in [0.5, 0.6) is 0 Å². The minimum atomic E-state index is -3.38. The number of benzene rings is 2. The maximum atomic E-state index is 12.2. The lowest BCUT2D eigenvalue weighted by Crippen LogP contribution is -2.26. The molecule has 2 aromatic carbocycles. The molecule has 1 amide bonds. The maximum absolute atomic E-state index is 12.2. The van der Waals surface area contributed by atoms with Crippen LogP contribution < -0.4 is 10.0 Å². The molecule has 0 radical (unpaired) electrons. The van der Waals surface area contributed by atoms with Crippen LogP contribution >= 0.6 is 11.8 Å². The number of carbonyl (C=O) groups excluding carboxylic acids is 1. The van der Waals surface area contributed by atoms with Gasteiger partial charge in [0.05, 0.1) is 11.9 Å². The summed E-state index contributed by atoms with van der Waals surface area (Å²) in [5.74, 6) is 0.538. The summed E-state index contributed by atoms with van der Waals surface area (Å²) in [7, 11) is -3.38. The first-order valence-corrected chi connectivity index (χ1v) is 10.7. The summed E-state index contributed by atoms with van der Waals surface area (Å²) in [6.45, 7) is 4.36. The van der Waals surface area contributed by atoms with Gasteiger partial charge in [0.2, 0.25) is 10.0 Å². The van der Waals surface area contributed by atoms with Crippen LogP contribution in [-0.2, 0) is 10.0 Å². The second kappa shape index (κ2) is 8.40. The molecule has 7 heteroatoms. The van der Waals surface area contributed by atoms with Crippen LogP contribution in [0.1, 0.15) is 21.5 Å². The van der Waals surface area contributed by atoms with Gasteiger partial charge in [0.1, 0.15) is 0 Å². The molecular formula is C18H22N2O3S2. The number of hydrogen-bond donors (Lipinski definition) is 2. The molecule has 134 valence electrons. The molecule has 0 aliphatic carbocycles. The van der Waals surface area contributed by atoms with Gasteiger partial charge in [0, 0.05) is 22.8 Å². The molecule has 0 unspecified atom stereocenters. The van der Waals surface area contributed by atoms with Crippen molar-refractivity contribution in [3.05, 3.63) is 59.2 Å². The molecule has 0 atom stereocenters. The average molecular weight is 379 g/mol. The molecule has 0 aromatic heterocycles. The van der Waals surface area contributed by atoms with Gasteiger partial charge in [0.25, 0.3) is 5.91 Å². The summed E-state index contributed by atoms with van der Waals surface area (Å²) in [6.07, 6.45) is 1.08. The number of aryl methyl sites for hydroxylation is 2. The molecular weight excluding hydrogens is 356 g/mol. The minimum absolute atomic E-state index is 0.221. The summed E-state index contributed by atoms with van der Waals surface area (Å²) in [5.41, 5.74) is 2.83. The third-order valence-corrected chi connectivity index (χ3v) is 5.08. The van der Waals surface area contributed by atoms with Gasteiger partial charge >= 0.3 is 0 Å². The Morgan fingerprint density at radius 1 is 1.08 bits per heavy atom. The van der Waals surface area contributed by atoms with Crippen molar-refractivity contribution in [2.45, 2.75) is 18.7 Å². The standard InChI is InChI=1S/C18H22N2O3S2/c1-13-4-8-16(9-5-13)24-11-10-19-18(21)15-7-6-14(2)17(12-15)20-25(3,22)23/h4-9,12,20H,10-11H2,1-3H3,(H,19,21). The largest absolute Gasteiger partial charge is 0.351 e. The Morgan fingerprint density at radius 3 is 2.40 bits per heavy atom. The zero-order chi connectivity index (χ0) is 18.4. The normalized spacial score (nSPS) is 11.2. The third-order valence-electron chi connectivity index (χ3n) is 3.47. The first-order valence-electron chi connectivity index (χ1n) is 7.81. The summed E-state index contributed by atoms with van der Waals surface area (Å²) in [4.78, 5) is 13.4. The van der Waals surface area contributed by atoms with Crippen molar-refractivity contribution < 1.29 is 13.2 Å². The van der Waals surface area contributed by atoms with Crippen LogP contribution in [0.3, 0.4) is 0 Å². The molecule has 5 nitrogen and oxygen atoms in total. The zero-order valence-electron chi connectivity index (χ0n) is 14.5. The van der Waals surface area contributed by atoms with Crippen LogP contribution in [0, 0.1) is 13.8 Å². The molecule has 0 spiro atoms. The molecule has 0 heterocycles. The van der Waals surface area contributed by atoms with Gasteiger partial charge in [-0.25, -0.2) is 8.42 Å². The van der Waals surface area contributed by atoms with E-state index in [1.54, 1.807) is 36.9 Å². The quantitative estimate of drug-likeness (QED) is 0.573. The number of thioether (sulfide) groups is 1. The van der Waals surface area contributed by atoms with Crippen molar-refractivity contribution in [3.8, 4) is 0 Å². The highest BCUT2D eigenvalue weighted by atomic mass is 32.2. The molecule has 2 aromatic rings. The van der Waals surface area contributed by atoms with E-state index in [9.17, 15) is 13.2 Å². The molecule has 0 aliphatic heterocycles. The van der Waals surface area contributed by atoms with Crippen LogP contribution in [0.2, 0.25) is 0 Å². The number of hydrogen-bond acceptors (Lipinski definition) is 4. The van der Waals surface area contributed by atoms with E-state index >= 15 is 0 Å². The van der Waals surface area contributed by atoms with Crippen LogP contribution in [0.4, 0.5) is 5.69 Å². The van der Waals surface area contributed by atoms with E-state index in [0.717, 1.165) is 22.5 Å². The Hall–Kier alpha value is -1.99. The van der Waals surface area contributed by atoms with E-state index in [1.165, 1.54) is 5.56 Å². The van der Waals surface area contributed by atoms with Crippen LogP contribution in [-0.4, -0.2) is 32.9 Å². The molecule has 0 saturated heterocycles. The van der Waals surface area contributed by atoms with Gasteiger partial charge in [-0.3, -0.25) is 9.52 Å².